The second-order valence-electron chi connectivity index (χ2n) is 6.88. The number of fused-ring (bicyclic) bond motifs is 1. The zero-order chi connectivity index (χ0) is 20.8. The molecule has 0 atom stereocenters. The lowest BCUT2D eigenvalue weighted by atomic mass is 10.2. The molecule has 0 aliphatic heterocycles. The quantitative estimate of drug-likeness (QED) is 0.523. The van der Waals surface area contributed by atoms with Crippen LogP contribution in [0, 0.1) is 0 Å². The van der Waals surface area contributed by atoms with E-state index in [1.165, 1.54) is 11.3 Å². The Balaban J connectivity index is 1.97. The number of carbonyl (C=O) groups excluding carboxylic acids is 1. The molecule has 0 fully saturated rings. The fraction of sp³-hybridized carbons (Fsp3) is 0.364. The molecular weight excluding hydrogens is 386 g/mol. The van der Waals surface area contributed by atoms with Crippen LogP contribution in [0.5, 0.6) is 11.5 Å². The van der Waals surface area contributed by atoms with Crippen molar-refractivity contribution < 1.29 is 14.3 Å². The van der Waals surface area contributed by atoms with Crippen LogP contribution in [0.2, 0.25) is 0 Å². The second kappa shape index (κ2) is 9.71. The topological polar surface area (TPSA) is 54.9 Å². The summed E-state index contributed by atoms with van der Waals surface area (Å²) in [6.45, 7) is 3.99. The summed E-state index contributed by atoms with van der Waals surface area (Å²) in [4.78, 5) is 22.0. The average molecular weight is 414 g/mol. The first-order valence-electron chi connectivity index (χ1n) is 9.66. The van der Waals surface area contributed by atoms with E-state index in [-0.39, 0.29) is 5.91 Å². The van der Waals surface area contributed by atoms with Crippen molar-refractivity contribution in [3.05, 3.63) is 48.0 Å². The predicted octanol–water partition coefficient (Wildman–Crippen LogP) is 4.30. The molecule has 0 radical (unpaired) electrons. The van der Waals surface area contributed by atoms with Crippen molar-refractivity contribution in [1.29, 1.82) is 0 Å². The molecular formula is C22H27N3O3S. The largest absolute Gasteiger partial charge is 0.497 e. The number of benzene rings is 2. The minimum Gasteiger partial charge on any atom is -0.497 e. The number of hydrogen-bond acceptors (Lipinski definition) is 6. The van der Waals surface area contributed by atoms with Crippen molar-refractivity contribution in [2.45, 2.75) is 13.3 Å². The van der Waals surface area contributed by atoms with Gasteiger partial charge in [0.1, 0.15) is 17.0 Å². The number of aromatic nitrogens is 1. The van der Waals surface area contributed by atoms with E-state index in [2.05, 4.69) is 4.90 Å². The Labute approximate surface area is 175 Å². The molecule has 0 saturated carbocycles. The normalized spacial score (nSPS) is 11.1. The van der Waals surface area contributed by atoms with Crippen LogP contribution < -0.4 is 14.4 Å². The third kappa shape index (κ3) is 5.05. The van der Waals surface area contributed by atoms with Crippen LogP contribution in [0.4, 0.5) is 5.13 Å². The van der Waals surface area contributed by atoms with E-state index < -0.39 is 0 Å². The van der Waals surface area contributed by atoms with Crippen LogP contribution in [0.3, 0.4) is 0 Å². The molecule has 0 aliphatic rings. The second-order valence-corrected chi connectivity index (χ2v) is 7.89. The first-order chi connectivity index (χ1) is 14.0. The van der Waals surface area contributed by atoms with Crippen molar-refractivity contribution in [1.82, 2.24) is 9.88 Å². The molecule has 29 heavy (non-hydrogen) atoms. The predicted molar refractivity (Wildman–Crippen MR) is 119 cm³/mol. The number of rotatable bonds is 9. The monoisotopic (exact) mass is 413 g/mol. The number of para-hydroxylation sites is 1. The standard InChI is InChI=1S/C22H27N3O3S/c1-5-28-18-11-7-12-19-20(18)23-22(29-19)25(14-8-13-24(2)3)21(26)16-9-6-10-17(15-16)27-4/h6-7,9-12,15H,5,8,13-14H2,1-4H3. The van der Waals surface area contributed by atoms with Gasteiger partial charge in [0.25, 0.3) is 5.91 Å². The van der Waals surface area contributed by atoms with Crippen molar-refractivity contribution in [3.63, 3.8) is 0 Å². The molecule has 3 rings (SSSR count). The van der Waals surface area contributed by atoms with Crippen molar-refractivity contribution in [3.8, 4) is 11.5 Å². The van der Waals surface area contributed by atoms with Crippen LogP contribution >= 0.6 is 11.3 Å². The maximum atomic E-state index is 13.4. The highest BCUT2D eigenvalue weighted by atomic mass is 32.1. The lowest BCUT2D eigenvalue weighted by Crippen LogP contribution is -2.33. The molecule has 154 valence electrons. The Hall–Kier alpha value is -2.64. The number of hydrogen-bond donors (Lipinski definition) is 0. The van der Waals surface area contributed by atoms with E-state index in [0.717, 1.165) is 28.9 Å². The summed E-state index contributed by atoms with van der Waals surface area (Å²) in [5.74, 6) is 1.32. The molecule has 0 aliphatic carbocycles. The van der Waals surface area contributed by atoms with E-state index >= 15 is 0 Å². The molecule has 6 nitrogen and oxygen atoms in total. The molecule has 2 aromatic carbocycles. The van der Waals surface area contributed by atoms with Gasteiger partial charge < -0.3 is 14.4 Å². The van der Waals surface area contributed by atoms with Crippen LogP contribution in [-0.2, 0) is 0 Å². The minimum atomic E-state index is -0.0836. The fourth-order valence-corrected chi connectivity index (χ4v) is 4.05. The van der Waals surface area contributed by atoms with E-state index in [9.17, 15) is 4.79 Å². The summed E-state index contributed by atoms with van der Waals surface area (Å²) in [6.07, 6.45) is 0.844. The third-order valence-electron chi connectivity index (χ3n) is 4.45. The number of thiazole rings is 1. The fourth-order valence-electron chi connectivity index (χ4n) is 3.04. The van der Waals surface area contributed by atoms with Crippen molar-refractivity contribution in [2.75, 3.05) is 45.8 Å². The molecule has 1 amide bonds. The first-order valence-corrected chi connectivity index (χ1v) is 10.5. The summed E-state index contributed by atoms with van der Waals surface area (Å²) < 4.78 is 12.0. The van der Waals surface area contributed by atoms with Crippen LogP contribution in [0.1, 0.15) is 23.7 Å². The maximum Gasteiger partial charge on any atom is 0.260 e. The van der Waals surface area contributed by atoms with Gasteiger partial charge in [-0.25, -0.2) is 4.98 Å². The molecule has 1 aromatic heterocycles. The molecule has 0 bridgehead atoms. The summed E-state index contributed by atoms with van der Waals surface area (Å²) >= 11 is 1.51. The Morgan fingerprint density at radius 3 is 2.66 bits per heavy atom. The zero-order valence-electron chi connectivity index (χ0n) is 17.3. The Bertz CT molecular complexity index is 971. The van der Waals surface area contributed by atoms with Gasteiger partial charge in [0.2, 0.25) is 0 Å². The maximum absolute atomic E-state index is 13.4. The number of nitrogens with zero attached hydrogens (tertiary/aromatic N) is 3. The van der Waals surface area contributed by atoms with Crippen LogP contribution in [0.15, 0.2) is 42.5 Å². The zero-order valence-corrected chi connectivity index (χ0v) is 18.2. The van der Waals surface area contributed by atoms with Gasteiger partial charge in [-0.1, -0.05) is 23.5 Å². The summed E-state index contributed by atoms with van der Waals surface area (Å²) in [5, 5.41) is 0.679. The third-order valence-corrected chi connectivity index (χ3v) is 5.49. The van der Waals surface area contributed by atoms with E-state index in [1.54, 1.807) is 18.1 Å². The van der Waals surface area contributed by atoms with Gasteiger partial charge in [0.15, 0.2) is 5.13 Å². The number of ether oxygens (including phenoxy) is 2. The molecule has 0 N–H and O–H groups in total. The molecule has 0 saturated heterocycles. The highest BCUT2D eigenvalue weighted by Crippen LogP contribution is 2.35. The highest BCUT2D eigenvalue weighted by Gasteiger charge is 2.22. The summed E-state index contributed by atoms with van der Waals surface area (Å²) in [7, 11) is 5.65. The first kappa shape index (κ1) is 21.1. The van der Waals surface area contributed by atoms with Crippen molar-refractivity contribution in [2.24, 2.45) is 0 Å². The Morgan fingerprint density at radius 1 is 1.14 bits per heavy atom. The van der Waals surface area contributed by atoms with Gasteiger partial charge in [-0.3, -0.25) is 9.69 Å². The molecule has 7 heteroatoms. The molecule has 1 heterocycles. The Kier molecular flexibility index (Phi) is 7.06. The molecule has 3 aromatic rings. The minimum absolute atomic E-state index is 0.0836. The van der Waals surface area contributed by atoms with Crippen LogP contribution in [0.25, 0.3) is 10.2 Å². The number of anilines is 1. The number of methoxy groups -OCH3 is 1. The summed E-state index contributed by atoms with van der Waals surface area (Å²) in [6, 6.07) is 13.1. The van der Waals surface area contributed by atoms with Gasteiger partial charge in [-0.2, -0.15) is 0 Å². The number of amides is 1. The van der Waals surface area contributed by atoms with Gasteiger partial charge in [0.05, 0.1) is 18.4 Å². The smallest absolute Gasteiger partial charge is 0.260 e. The van der Waals surface area contributed by atoms with Gasteiger partial charge in [-0.05, 0) is 64.3 Å². The average Bonchev–Trinajstić information content (AvgIpc) is 3.16. The summed E-state index contributed by atoms with van der Waals surface area (Å²) in [5.41, 5.74) is 1.38. The van der Waals surface area contributed by atoms with Gasteiger partial charge >= 0.3 is 0 Å². The van der Waals surface area contributed by atoms with E-state index in [4.69, 9.17) is 14.5 Å². The lowest BCUT2D eigenvalue weighted by molar-refractivity contribution is 0.0985. The van der Waals surface area contributed by atoms with Gasteiger partial charge in [-0.15, -0.1) is 0 Å². The molecule has 0 spiro atoms. The van der Waals surface area contributed by atoms with Crippen LogP contribution in [-0.4, -0.2) is 56.7 Å². The Morgan fingerprint density at radius 2 is 1.93 bits per heavy atom. The molecule has 0 unspecified atom stereocenters. The SMILES string of the molecule is CCOc1cccc2sc(N(CCCN(C)C)C(=O)c3cccc(OC)c3)nc12. The highest BCUT2D eigenvalue weighted by molar-refractivity contribution is 7.22. The van der Waals surface area contributed by atoms with E-state index in [1.807, 2.05) is 57.4 Å². The van der Waals surface area contributed by atoms with Gasteiger partial charge in [0, 0.05) is 12.1 Å². The lowest BCUT2D eigenvalue weighted by Gasteiger charge is -2.21. The van der Waals surface area contributed by atoms with E-state index in [0.29, 0.717) is 29.6 Å². The van der Waals surface area contributed by atoms with Crippen molar-refractivity contribution >= 4 is 32.6 Å². The number of carbonyl (C=O) groups is 1.